The summed E-state index contributed by atoms with van der Waals surface area (Å²) in [6, 6.07) is 13.9. The van der Waals surface area contributed by atoms with Crippen LogP contribution < -0.4 is 10.3 Å². The summed E-state index contributed by atoms with van der Waals surface area (Å²) in [5.74, 6) is 0. The molecule has 2 aromatic rings. The molecular formula is C17H19BrClN3. The summed E-state index contributed by atoms with van der Waals surface area (Å²) < 4.78 is 1.06. The summed E-state index contributed by atoms with van der Waals surface area (Å²) in [6.07, 6.45) is 0. The molecule has 0 spiro atoms. The van der Waals surface area contributed by atoms with Crippen LogP contribution >= 0.6 is 27.5 Å². The molecular weight excluding hydrogens is 362 g/mol. The van der Waals surface area contributed by atoms with E-state index in [0.29, 0.717) is 5.02 Å². The molecule has 3 nitrogen and oxygen atoms in total. The van der Waals surface area contributed by atoms with Crippen molar-refractivity contribution in [3.63, 3.8) is 0 Å². The molecule has 0 atom stereocenters. The number of hydrogen-bond acceptors (Lipinski definition) is 3. The van der Waals surface area contributed by atoms with Crippen LogP contribution in [0.4, 0.5) is 11.4 Å². The van der Waals surface area contributed by atoms with Crippen LogP contribution in [0.3, 0.4) is 0 Å². The van der Waals surface area contributed by atoms with Gasteiger partial charge in [-0.25, -0.2) is 0 Å². The summed E-state index contributed by atoms with van der Waals surface area (Å²) in [5, 5.41) is 10.6. The zero-order valence-corrected chi connectivity index (χ0v) is 15.2. The molecule has 0 aliphatic carbocycles. The van der Waals surface area contributed by atoms with Crippen molar-refractivity contribution in [3.8, 4) is 0 Å². The van der Waals surface area contributed by atoms with Crippen molar-refractivity contribution in [2.75, 3.05) is 23.9 Å². The van der Waals surface area contributed by atoms with E-state index < -0.39 is 0 Å². The maximum atomic E-state index is 6.12. The highest BCUT2D eigenvalue weighted by Crippen LogP contribution is 2.23. The smallest absolute Gasteiger partial charge is 0.0672 e. The first-order chi connectivity index (χ1) is 10.5. The molecule has 0 amide bonds. The van der Waals surface area contributed by atoms with Crippen molar-refractivity contribution < 1.29 is 0 Å². The first-order valence-electron chi connectivity index (χ1n) is 7.11. The lowest BCUT2D eigenvalue weighted by Gasteiger charge is -2.19. The molecule has 0 bridgehead atoms. The summed E-state index contributed by atoms with van der Waals surface area (Å²) >= 11 is 9.57. The van der Waals surface area contributed by atoms with Crippen LogP contribution in [0.1, 0.15) is 19.4 Å². The molecule has 0 aromatic heterocycles. The Hall–Kier alpha value is -1.52. The zero-order valence-electron chi connectivity index (χ0n) is 12.9. The van der Waals surface area contributed by atoms with Crippen LogP contribution in [0, 0.1) is 0 Å². The number of benzene rings is 2. The number of anilines is 2. The van der Waals surface area contributed by atoms with Crippen LogP contribution in [-0.2, 0) is 0 Å². The van der Waals surface area contributed by atoms with Crippen molar-refractivity contribution in [2.24, 2.45) is 5.10 Å². The Labute approximate surface area is 145 Å². The van der Waals surface area contributed by atoms with E-state index in [2.05, 4.69) is 28.2 Å². The molecule has 5 heteroatoms. The van der Waals surface area contributed by atoms with Gasteiger partial charge < -0.3 is 5.32 Å². The Morgan fingerprint density at radius 2 is 1.91 bits per heavy atom. The lowest BCUT2D eigenvalue weighted by molar-refractivity contribution is 0.892. The van der Waals surface area contributed by atoms with Crippen molar-refractivity contribution in [1.29, 1.82) is 0 Å². The minimum Gasteiger partial charge on any atom is -0.388 e. The maximum Gasteiger partial charge on any atom is 0.0672 e. The summed E-state index contributed by atoms with van der Waals surface area (Å²) in [5.41, 5.74) is 3.98. The molecule has 1 N–H and O–H groups in total. The van der Waals surface area contributed by atoms with Gasteiger partial charge in [0.2, 0.25) is 0 Å². The molecule has 22 heavy (non-hydrogen) atoms. The number of rotatable bonds is 5. The van der Waals surface area contributed by atoms with Crippen molar-refractivity contribution in [2.45, 2.75) is 13.8 Å². The largest absolute Gasteiger partial charge is 0.388 e. The number of nitrogens with one attached hydrogen (secondary N) is 1. The van der Waals surface area contributed by atoms with Gasteiger partial charge in [0, 0.05) is 34.3 Å². The quantitative estimate of drug-likeness (QED) is 0.556. The van der Waals surface area contributed by atoms with Gasteiger partial charge in [-0.15, -0.1) is 0 Å². The number of hydrazone groups is 1. The molecule has 2 rings (SSSR count). The summed E-state index contributed by atoms with van der Waals surface area (Å²) in [6.45, 7) is 4.86. The van der Waals surface area contributed by atoms with Crippen LogP contribution in [0.5, 0.6) is 0 Å². The second-order valence-electron chi connectivity index (χ2n) is 4.82. The van der Waals surface area contributed by atoms with Gasteiger partial charge in [0.25, 0.3) is 0 Å². The summed E-state index contributed by atoms with van der Waals surface area (Å²) in [7, 11) is 1.90. The van der Waals surface area contributed by atoms with Gasteiger partial charge in [0.1, 0.15) is 0 Å². The maximum absolute atomic E-state index is 6.12. The Bertz CT molecular complexity index is 668. The molecule has 0 unspecified atom stereocenters. The zero-order chi connectivity index (χ0) is 16.1. The molecule has 0 saturated heterocycles. The standard InChI is InChI=1S/C17H19BrClN3/c1-4-22(15-8-5-13(18)6-9-15)21-12(2)16-11-14(19)7-10-17(16)20-3/h5-11,20H,4H2,1-3H3/b21-12-. The van der Waals surface area contributed by atoms with E-state index >= 15 is 0 Å². The third kappa shape index (κ3) is 4.02. The van der Waals surface area contributed by atoms with Crippen LogP contribution in [-0.4, -0.2) is 19.3 Å². The minimum absolute atomic E-state index is 0.704. The highest BCUT2D eigenvalue weighted by Gasteiger charge is 2.09. The fourth-order valence-electron chi connectivity index (χ4n) is 2.19. The van der Waals surface area contributed by atoms with E-state index in [4.69, 9.17) is 16.7 Å². The molecule has 2 aromatic carbocycles. The molecule has 0 aliphatic heterocycles. The third-order valence-electron chi connectivity index (χ3n) is 3.34. The Kier molecular flexibility index (Phi) is 5.86. The highest BCUT2D eigenvalue weighted by molar-refractivity contribution is 9.10. The van der Waals surface area contributed by atoms with Crippen molar-refractivity contribution in [1.82, 2.24) is 0 Å². The van der Waals surface area contributed by atoms with Gasteiger partial charge in [-0.3, -0.25) is 5.01 Å². The number of hydrogen-bond donors (Lipinski definition) is 1. The SMILES string of the molecule is CCN(/N=C(/C)c1cc(Cl)ccc1NC)c1ccc(Br)cc1. The first kappa shape index (κ1) is 16.8. The topological polar surface area (TPSA) is 27.6 Å². The normalized spacial score (nSPS) is 11.4. The van der Waals surface area contributed by atoms with Gasteiger partial charge in [0.15, 0.2) is 0 Å². The number of halogens is 2. The molecule has 0 radical (unpaired) electrons. The monoisotopic (exact) mass is 379 g/mol. The average molecular weight is 381 g/mol. The highest BCUT2D eigenvalue weighted by atomic mass is 79.9. The molecule has 0 saturated carbocycles. The second kappa shape index (κ2) is 7.65. The van der Waals surface area contributed by atoms with Gasteiger partial charge in [0.05, 0.1) is 11.4 Å². The van der Waals surface area contributed by atoms with Gasteiger partial charge in [-0.05, 0) is 56.3 Å². The van der Waals surface area contributed by atoms with Gasteiger partial charge in [-0.1, -0.05) is 27.5 Å². The van der Waals surface area contributed by atoms with Crippen LogP contribution in [0.25, 0.3) is 0 Å². The second-order valence-corrected chi connectivity index (χ2v) is 6.17. The van der Waals surface area contributed by atoms with Gasteiger partial charge >= 0.3 is 0 Å². The molecule has 0 fully saturated rings. The molecule has 0 aliphatic rings. The first-order valence-corrected chi connectivity index (χ1v) is 8.28. The van der Waals surface area contributed by atoms with E-state index in [1.807, 2.05) is 61.4 Å². The number of nitrogens with zero attached hydrogens (tertiary/aromatic N) is 2. The average Bonchev–Trinajstić information content (AvgIpc) is 2.53. The molecule has 116 valence electrons. The summed E-state index contributed by atoms with van der Waals surface area (Å²) in [4.78, 5) is 0. The van der Waals surface area contributed by atoms with E-state index in [1.54, 1.807) is 0 Å². The minimum atomic E-state index is 0.704. The van der Waals surface area contributed by atoms with Crippen LogP contribution in [0.2, 0.25) is 5.02 Å². The fourth-order valence-corrected chi connectivity index (χ4v) is 2.63. The van der Waals surface area contributed by atoms with Crippen LogP contribution in [0.15, 0.2) is 52.0 Å². The van der Waals surface area contributed by atoms with E-state index in [-0.39, 0.29) is 0 Å². The lowest BCUT2D eigenvalue weighted by atomic mass is 10.1. The molecule has 0 heterocycles. The van der Waals surface area contributed by atoms with Crippen molar-refractivity contribution in [3.05, 3.63) is 57.5 Å². The van der Waals surface area contributed by atoms with E-state index in [9.17, 15) is 0 Å². The lowest BCUT2D eigenvalue weighted by Crippen LogP contribution is -2.18. The Balaban J connectivity index is 2.37. The fraction of sp³-hybridized carbons (Fsp3) is 0.235. The van der Waals surface area contributed by atoms with E-state index in [0.717, 1.165) is 33.7 Å². The predicted molar refractivity (Wildman–Crippen MR) is 100 cm³/mol. The predicted octanol–water partition coefficient (Wildman–Crippen LogP) is 5.39. The van der Waals surface area contributed by atoms with E-state index in [1.165, 1.54) is 0 Å². The Morgan fingerprint density at radius 3 is 2.50 bits per heavy atom. The van der Waals surface area contributed by atoms with Crippen molar-refractivity contribution >= 4 is 44.6 Å². The third-order valence-corrected chi connectivity index (χ3v) is 4.10. The Morgan fingerprint density at radius 1 is 1.23 bits per heavy atom. The van der Waals surface area contributed by atoms with Gasteiger partial charge in [-0.2, -0.15) is 5.10 Å².